The summed E-state index contributed by atoms with van der Waals surface area (Å²) in [7, 11) is 1.64. The van der Waals surface area contributed by atoms with Crippen molar-refractivity contribution in [2.75, 3.05) is 13.7 Å². The highest BCUT2D eigenvalue weighted by Crippen LogP contribution is 2.18. The summed E-state index contributed by atoms with van der Waals surface area (Å²) in [4.78, 5) is 8.71. The molecule has 0 radical (unpaired) electrons. The number of aromatic nitrogens is 3. The molecular weight excluding hydrogens is 304 g/mol. The summed E-state index contributed by atoms with van der Waals surface area (Å²) in [6.07, 6.45) is 4.80. The summed E-state index contributed by atoms with van der Waals surface area (Å²) in [6.45, 7) is 3.42. The van der Waals surface area contributed by atoms with E-state index in [-0.39, 0.29) is 0 Å². The number of aromatic amines is 1. The van der Waals surface area contributed by atoms with Gasteiger partial charge in [-0.25, -0.2) is 9.98 Å². The quantitative estimate of drug-likeness (QED) is 0.372. The Morgan fingerprint density at radius 3 is 2.75 bits per heavy atom. The Morgan fingerprint density at radius 2 is 2.04 bits per heavy atom. The third-order valence-corrected chi connectivity index (χ3v) is 3.62. The van der Waals surface area contributed by atoms with E-state index in [9.17, 15) is 0 Å². The van der Waals surface area contributed by atoms with E-state index in [4.69, 9.17) is 10.5 Å². The molecule has 1 aromatic heterocycles. The molecule has 0 aliphatic rings. The number of nitrogens with one attached hydrogen (secondary N) is 2. The number of aliphatic imine (C=N–C) groups is 1. The highest BCUT2D eigenvalue weighted by Gasteiger charge is 2.06. The van der Waals surface area contributed by atoms with E-state index in [1.807, 2.05) is 24.3 Å². The molecule has 0 aliphatic heterocycles. The maximum absolute atomic E-state index is 5.85. The molecule has 0 saturated heterocycles. The molecule has 0 fully saturated rings. The van der Waals surface area contributed by atoms with Crippen LogP contribution in [0.5, 0.6) is 5.75 Å². The fraction of sp³-hybridized carbons (Fsp3) is 0.471. The molecule has 0 atom stereocenters. The number of rotatable bonds is 9. The molecule has 0 unspecified atom stereocenters. The zero-order valence-electron chi connectivity index (χ0n) is 14.4. The predicted octanol–water partition coefficient (Wildman–Crippen LogP) is 2.46. The van der Waals surface area contributed by atoms with Gasteiger partial charge >= 0.3 is 0 Å². The molecular formula is C17H26N6O. The monoisotopic (exact) mass is 330 g/mol. The van der Waals surface area contributed by atoms with E-state index >= 15 is 0 Å². The maximum Gasteiger partial charge on any atom is 0.189 e. The zero-order chi connectivity index (χ0) is 17.2. The van der Waals surface area contributed by atoms with E-state index in [2.05, 4.69) is 32.4 Å². The minimum absolute atomic E-state index is 0.372. The van der Waals surface area contributed by atoms with Crippen molar-refractivity contribution < 1.29 is 4.74 Å². The van der Waals surface area contributed by atoms with Crippen LogP contribution in [0, 0.1) is 0 Å². The van der Waals surface area contributed by atoms with Crippen molar-refractivity contribution in [1.29, 1.82) is 0 Å². The standard InChI is InChI=1S/C17H26N6O/c1-3-4-5-6-11-19-17(18)20-12-15-21-16(23-22-15)13-7-9-14(24-2)10-8-13/h7-10H,3-6,11-12H2,1-2H3,(H3,18,19,20)(H,21,22,23). The van der Waals surface area contributed by atoms with Crippen molar-refractivity contribution in [3.05, 3.63) is 30.1 Å². The molecule has 0 amide bonds. The van der Waals surface area contributed by atoms with Gasteiger partial charge in [-0.05, 0) is 30.7 Å². The zero-order valence-corrected chi connectivity index (χ0v) is 14.4. The predicted molar refractivity (Wildman–Crippen MR) is 95.8 cm³/mol. The van der Waals surface area contributed by atoms with E-state index in [0.717, 1.165) is 24.3 Å². The van der Waals surface area contributed by atoms with Gasteiger partial charge < -0.3 is 15.8 Å². The topological polar surface area (TPSA) is 101 Å². The smallest absolute Gasteiger partial charge is 0.189 e. The number of H-pyrrole nitrogens is 1. The number of methoxy groups -OCH3 is 1. The second kappa shape index (κ2) is 9.54. The van der Waals surface area contributed by atoms with Crippen LogP contribution in [0.3, 0.4) is 0 Å². The molecule has 2 rings (SSSR count). The summed E-state index contributed by atoms with van der Waals surface area (Å²) >= 11 is 0. The Kier molecular flexibility index (Phi) is 7.07. The molecule has 7 heteroatoms. The van der Waals surface area contributed by atoms with Gasteiger partial charge in [0.2, 0.25) is 0 Å². The molecule has 4 N–H and O–H groups in total. The van der Waals surface area contributed by atoms with Gasteiger partial charge in [0.15, 0.2) is 11.8 Å². The third kappa shape index (κ3) is 5.57. The van der Waals surface area contributed by atoms with Crippen molar-refractivity contribution in [3.63, 3.8) is 0 Å². The highest BCUT2D eigenvalue weighted by molar-refractivity contribution is 5.77. The summed E-state index contributed by atoms with van der Waals surface area (Å²) < 4.78 is 5.14. The summed E-state index contributed by atoms with van der Waals surface area (Å²) in [5.41, 5.74) is 6.77. The molecule has 2 aromatic rings. The Hall–Kier alpha value is -2.57. The third-order valence-electron chi connectivity index (χ3n) is 3.62. The Labute approximate surface area is 142 Å². The van der Waals surface area contributed by atoms with Crippen LogP contribution >= 0.6 is 0 Å². The second-order valence-electron chi connectivity index (χ2n) is 5.52. The van der Waals surface area contributed by atoms with E-state index in [0.29, 0.717) is 24.2 Å². The van der Waals surface area contributed by atoms with Gasteiger partial charge in [-0.1, -0.05) is 26.2 Å². The fourth-order valence-electron chi connectivity index (χ4n) is 2.22. The molecule has 1 heterocycles. The number of hydrogen-bond acceptors (Lipinski definition) is 4. The van der Waals surface area contributed by atoms with E-state index in [1.54, 1.807) is 7.11 Å². The van der Waals surface area contributed by atoms with Crippen molar-refractivity contribution in [1.82, 2.24) is 20.5 Å². The SMILES string of the molecule is CCCCCCNC(N)=NCc1nc(-c2ccc(OC)cc2)n[nH]1. The number of nitrogens with two attached hydrogens (primary N) is 1. The van der Waals surface area contributed by atoms with Crippen LogP contribution in [0.4, 0.5) is 0 Å². The minimum Gasteiger partial charge on any atom is -0.497 e. The van der Waals surface area contributed by atoms with Crippen LogP contribution in [0.15, 0.2) is 29.3 Å². The van der Waals surface area contributed by atoms with Crippen LogP contribution in [-0.2, 0) is 6.54 Å². The first-order chi connectivity index (χ1) is 11.7. The van der Waals surface area contributed by atoms with Gasteiger partial charge in [-0.2, -0.15) is 5.10 Å². The van der Waals surface area contributed by atoms with Gasteiger partial charge in [0.05, 0.1) is 7.11 Å². The van der Waals surface area contributed by atoms with Gasteiger partial charge in [-0.15, -0.1) is 0 Å². The van der Waals surface area contributed by atoms with Gasteiger partial charge in [0.25, 0.3) is 0 Å². The van der Waals surface area contributed by atoms with Gasteiger partial charge in [0, 0.05) is 12.1 Å². The lowest BCUT2D eigenvalue weighted by molar-refractivity contribution is 0.415. The van der Waals surface area contributed by atoms with Crippen LogP contribution < -0.4 is 15.8 Å². The normalized spacial score (nSPS) is 11.5. The molecule has 0 saturated carbocycles. The van der Waals surface area contributed by atoms with Crippen LogP contribution in [0.2, 0.25) is 0 Å². The highest BCUT2D eigenvalue weighted by atomic mass is 16.5. The number of guanidine groups is 1. The minimum atomic E-state index is 0.372. The van der Waals surface area contributed by atoms with Crippen molar-refractivity contribution in [2.24, 2.45) is 10.7 Å². The molecule has 130 valence electrons. The van der Waals surface area contributed by atoms with Crippen molar-refractivity contribution in [2.45, 2.75) is 39.2 Å². The molecule has 0 bridgehead atoms. The van der Waals surface area contributed by atoms with E-state index in [1.165, 1.54) is 19.3 Å². The first kappa shape index (κ1) is 17.8. The lowest BCUT2D eigenvalue weighted by Gasteiger charge is -2.04. The Balaban J connectivity index is 1.83. The molecule has 1 aromatic carbocycles. The lowest BCUT2D eigenvalue weighted by Crippen LogP contribution is -2.32. The van der Waals surface area contributed by atoms with Crippen LogP contribution in [0.1, 0.15) is 38.4 Å². The number of nitrogens with zero attached hydrogens (tertiary/aromatic N) is 3. The molecule has 0 aliphatic carbocycles. The summed E-state index contributed by atoms with van der Waals surface area (Å²) in [5.74, 6) is 2.55. The molecule has 7 nitrogen and oxygen atoms in total. The molecule has 0 spiro atoms. The van der Waals surface area contributed by atoms with E-state index < -0.39 is 0 Å². The second-order valence-corrected chi connectivity index (χ2v) is 5.52. The fourth-order valence-corrected chi connectivity index (χ4v) is 2.22. The summed E-state index contributed by atoms with van der Waals surface area (Å²) in [6, 6.07) is 7.59. The van der Waals surface area contributed by atoms with Gasteiger partial charge in [0.1, 0.15) is 18.1 Å². The average Bonchev–Trinajstić information content (AvgIpc) is 3.09. The number of unbranched alkanes of at least 4 members (excludes halogenated alkanes) is 3. The van der Waals surface area contributed by atoms with Crippen molar-refractivity contribution in [3.8, 4) is 17.1 Å². The van der Waals surface area contributed by atoms with Crippen LogP contribution in [-0.4, -0.2) is 34.8 Å². The number of ether oxygens (including phenoxy) is 1. The summed E-state index contributed by atoms with van der Waals surface area (Å²) in [5, 5.41) is 10.2. The Bertz CT molecular complexity index is 635. The first-order valence-electron chi connectivity index (χ1n) is 8.32. The largest absolute Gasteiger partial charge is 0.497 e. The average molecular weight is 330 g/mol. The first-order valence-corrected chi connectivity index (χ1v) is 8.32. The van der Waals surface area contributed by atoms with Gasteiger partial charge in [-0.3, -0.25) is 5.10 Å². The molecule has 24 heavy (non-hydrogen) atoms. The van der Waals surface area contributed by atoms with Crippen molar-refractivity contribution >= 4 is 5.96 Å². The number of hydrogen-bond donors (Lipinski definition) is 3. The Morgan fingerprint density at radius 1 is 1.25 bits per heavy atom. The maximum atomic E-state index is 5.85. The lowest BCUT2D eigenvalue weighted by atomic mass is 10.2. The van der Waals surface area contributed by atoms with Crippen LogP contribution in [0.25, 0.3) is 11.4 Å². The number of benzene rings is 1.